The minimum Gasteiger partial charge on any atom is -0.392 e. The van der Waals surface area contributed by atoms with Crippen molar-refractivity contribution in [3.05, 3.63) is 40.7 Å². The molecule has 114 valence electrons. The van der Waals surface area contributed by atoms with Crippen molar-refractivity contribution in [2.24, 2.45) is 7.05 Å². The van der Waals surface area contributed by atoms with Crippen LogP contribution in [0.15, 0.2) is 29.3 Å². The van der Waals surface area contributed by atoms with Gasteiger partial charge in [0, 0.05) is 18.3 Å². The lowest BCUT2D eigenvalue weighted by atomic mass is 10.2. The zero-order valence-corrected chi connectivity index (χ0v) is 13.2. The predicted octanol–water partition coefficient (Wildman–Crippen LogP) is 1.93. The van der Waals surface area contributed by atoms with Crippen LogP contribution in [0.1, 0.15) is 18.2 Å². The first kappa shape index (κ1) is 15.8. The Bertz CT molecular complexity index is 756. The van der Waals surface area contributed by atoms with Crippen LogP contribution in [-0.2, 0) is 30.1 Å². The van der Waals surface area contributed by atoms with Crippen LogP contribution < -0.4 is 4.72 Å². The van der Waals surface area contributed by atoms with Crippen LogP contribution in [0.4, 0.5) is 5.69 Å². The summed E-state index contributed by atoms with van der Waals surface area (Å²) in [4.78, 5) is 0.0434. The van der Waals surface area contributed by atoms with Crippen molar-refractivity contribution >= 4 is 27.3 Å². The lowest BCUT2D eigenvalue weighted by Gasteiger charge is -2.09. The Balaban J connectivity index is 2.38. The van der Waals surface area contributed by atoms with Crippen LogP contribution in [-0.4, -0.2) is 23.3 Å². The first-order valence-corrected chi connectivity index (χ1v) is 8.18. The van der Waals surface area contributed by atoms with Gasteiger partial charge < -0.3 is 5.11 Å². The molecule has 21 heavy (non-hydrogen) atoms. The Hall–Kier alpha value is -1.57. The van der Waals surface area contributed by atoms with Crippen LogP contribution in [0, 0.1) is 0 Å². The average molecular weight is 330 g/mol. The zero-order valence-electron chi connectivity index (χ0n) is 11.7. The number of aromatic nitrogens is 2. The average Bonchev–Trinajstić information content (AvgIpc) is 2.78. The fourth-order valence-electron chi connectivity index (χ4n) is 1.92. The van der Waals surface area contributed by atoms with Crippen LogP contribution >= 0.6 is 11.6 Å². The van der Waals surface area contributed by atoms with Crippen LogP contribution in [0.25, 0.3) is 0 Å². The fraction of sp³-hybridized carbons (Fsp3) is 0.308. The molecule has 0 saturated heterocycles. The minimum absolute atomic E-state index is 0.0434. The van der Waals surface area contributed by atoms with Crippen molar-refractivity contribution in [3.8, 4) is 0 Å². The van der Waals surface area contributed by atoms with Gasteiger partial charge in [0.15, 0.2) is 0 Å². The normalized spacial score (nSPS) is 11.6. The van der Waals surface area contributed by atoms with Gasteiger partial charge in [0.2, 0.25) is 0 Å². The number of halogens is 1. The molecular formula is C13H16ClN3O3S. The molecule has 0 fully saturated rings. The van der Waals surface area contributed by atoms with Crippen molar-refractivity contribution in [2.75, 3.05) is 4.72 Å². The number of aryl methyl sites for hydroxylation is 2. The summed E-state index contributed by atoms with van der Waals surface area (Å²) in [5, 5.41) is 13.7. The van der Waals surface area contributed by atoms with Gasteiger partial charge in [-0.2, -0.15) is 5.10 Å². The molecule has 0 aliphatic carbocycles. The summed E-state index contributed by atoms with van der Waals surface area (Å²) in [6.45, 7) is 1.57. The molecule has 0 atom stereocenters. The van der Waals surface area contributed by atoms with E-state index < -0.39 is 10.0 Å². The molecule has 6 nitrogen and oxygen atoms in total. The molecule has 2 rings (SSSR count). The van der Waals surface area contributed by atoms with Crippen molar-refractivity contribution in [1.82, 2.24) is 9.78 Å². The maximum atomic E-state index is 12.4. The molecule has 2 aromatic rings. The Morgan fingerprint density at radius 3 is 2.76 bits per heavy atom. The third-order valence-corrected chi connectivity index (χ3v) is 4.71. The lowest BCUT2D eigenvalue weighted by molar-refractivity contribution is 0.281. The highest BCUT2D eigenvalue weighted by Crippen LogP contribution is 2.23. The fourth-order valence-corrected chi connectivity index (χ4v) is 3.22. The van der Waals surface area contributed by atoms with Crippen molar-refractivity contribution in [2.45, 2.75) is 24.8 Å². The number of benzene rings is 1. The maximum Gasteiger partial charge on any atom is 0.262 e. The van der Waals surface area contributed by atoms with Crippen molar-refractivity contribution in [1.29, 1.82) is 0 Å². The SMILES string of the molecule is CCc1nn(C)cc1NS(=O)(=O)c1ccc(Cl)c(CO)c1. The van der Waals surface area contributed by atoms with E-state index in [0.717, 1.165) is 0 Å². The topological polar surface area (TPSA) is 84.2 Å². The first-order chi connectivity index (χ1) is 9.87. The van der Waals surface area contributed by atoms with Gasteiger partial charge in [-0.1, -0.05) is 18.5 Å². The number of aliphatic hydroxyl groups excluding tert-OH is 1. The second-order valence-corrected chi connectivity index (χ2v) is 6.62. The van der Waals surface area contributed by atoms with E-state index in [1.165, 1.54) is 18.2 Å². The van der Waals surface area contributed by atoms with E-state index in [1.54, 1.807) is 17.9 Å². The number of hydrogen-bond acceptors (Lipinski definition) is 4. The van der Waals surface area contributed by atoms with Gasteiger partial charge >= 0.3 is 0 Å². The molecule has 0 aliphatic rings. The largest absolute Gasteiger partial charge is 0.392 e. The molecule has 0 radical (unpaired) electrons. The Kier molecular flexibility index (Phi) is 4.55. The Labute approximate surface area is 128 Å². The summed E-state index contributed by atoms with van der Waals surface area (Å²) in [5.74, 6) is 0. The van der Waals surface area contributed by atoms with E-state index in [9.17, 15) is 13.5 Å². The van der Waals surface area contributed by atoms with E-state index in [4.69, 9.17) is 11.6 Å². The monoisotopic (exact) mass is 329 g/mol. The molecule has 8 heteroatoms. The Morgan fingerprint density at radius 1 is 1.43 bits per heavy atom. The predicted molar refractivity (Wildman–Crippen MR) is 80.8 cm³/mol. The number of rotatable bonds is 5. The molecule has 0 spiro atoms. The smallest absolute Gasteiger partial charge is 0.262 e. The van der Waals surface area contributed by atoms with Gasteiger partial charge in [0.05, 0.1) is 22.9 Å². The number of aliphatic hydroxyl groups is 1. The van der Waals surface area contributed by atoms with Crippen molar-refractivity contribution < 1.29 is 13.5 Å². The summed E-state index contributed by atoms with van der Waals surface area (Å²) in [5.41, 5.74) is 1.47. The van der Waals surface area contributed by atoms with E-state index in [-0.39, 0.29) is 11.5 Å². The van der Waals surface area contributed by atoms with E-state index >= 15 is 0 Å². The minimum atomic E-state index is -3.76. The van der Waals surface area contributed by atoms with E-state index in [0.29, 0.717) is 28.4 Å². The van der Waals surface area contributed by atoms with Crippen LogP contribution in [0.2, 0.25) is 5.02 Å². The summed E-state index contributed by atoms with van der Waals surface area (Å²) in [6.07, 6.45) is 2.22. The molecule has 1 aromatic heterocycles. The number of nitrogens with zero attached hydrogens (tertiary/aromatic N) is 2. The van der Waals surface area contributed by atoms with E-state index in [1.807, 2.05) is 6.92 Å². The summed E-state index contributed by atoms with van der Waals surface area (Å²) in [6, 6.07) is 4.20. The molecule has 0 unspecified atom stereocenters. The molecule has 0 saturated carbocycles. The second kappa shape index (κ2) is 6.05. The second-order valence-electron chi connectivity index (χ2n) is 4.53. The highest BCUT2D eigenvalue weighted by molar-refractivity contribution is 7.92. The Morgan fingerprint density at radius 2 is 2.14 bits per heavy atom. The number of sulfonamides is 1. The van der Waals surface area contributed by atoms with Crippen LogP contribution in [0.3, 0.4) is 0 Å². The summed E-state index contributed by atoms with van der Waals surface area (Å²) >= 11 is 5.87. The van der Waals surface area contributed by atoms with Gasteiger partial charge in [-0.3, -0.25) is 9.40 Å². The van der Waals surface area contributed by atoms with Gasteiger partial charge in [-0.05, 0) is 30.2 Å². The third-order valence-electron chi connectivity index (χ3n) is 2.98. The van der Waals surface area contributed by atoms with Crippen molar-refractivity contribution in [3.63, 3.8) is 0 Å². The molecule has 0 amide bonds. The van der Waals surface area contributed by atoms with Crippen LogP contribution in [0.5, 0.6) is 0 Å². The molecule has 2 N–H and O–H groups in total. The van der Waals surface area contributed by atoms with Gasteiger partial charge in [-0.25, -0.2) is 8.42 Å². The van der Waals surface area contributed by atoms with E-state index in [2.05, 4.69) is 9.82 Å². The number of nitrogens with one attached hydrogen (secondary N) is 1. The maximum absolute atomic E-state index is 12.4. The van der Waals surface area contributed by atoms with Gasteiger partial charge in [0.25, 0.3) is 10.0 Å². The van der Waals surface area contributed by atoms with Gasteiger partial charge in [-0.15, -0.1) is 0 Å². The number of hydrogen-bond donors (Lipinski definition) is 2. The summed E-state index contributed by atoms with van der Waals surface area (Å²) in [7, 11) is -2.03. The quantitative estimate of drug-likeness (QED) is 0.877. The number of anilines is 1. The zero-order chi connectivity index (χ0) is 15.6. The highest BCUT2D eigenvalue weighted by atomic mass is 35.5. The first-order valence-electron chi connectivity index (χ1n) is 6.32. The summed E-state index contributed by atoms with van der Waals surface area (Å²) < 4.78 is 28.8. The lowest BCUT2D eigenvalue weighted by Crippen LogP contribution is -2.14. The molecule has 0 aliphatic heterocycles. The highest BCUT2D eigenvalue weighted by Gasteiger charge is 2.18. The molecule has 1 heterocycles. The molecule has 0 bridgehead atoms. The molecule has 1 aromatic carbocycles. The standard InChI is InChI=1S/C13H16ClN3O3S/c1-3-12-13(7-17(2)15-12)16-21(19,20)10-4-5-11(14)9(6-10)8-18/h4-7,16,18H,3,8H2,1-2H3. The molecular weight excluding hydrogens is 314 g/mol. The third kappa shape index (κ3) is 3.37. The van der Waals surface area contributed by atoms with Gasteiger partial charge in [0.1, 0.15) is 0 Å².